The van der Waals surface area contributed by atoms with Gasteiger partial charge >= 0.3 is 0 Å². The number of nitrogens with one attached hydrogen (secondary N) is 1. The molecule has 2 atom stereocenters. The van der Waals surface area contributed by atoms with Crippen LogP contribution in [0.25, 0.3) is 0 Å². The van der Waals surface area contributed by atoms with Crippen molar-refractivity contribution in [1.82, 2.24) is 5.32 Å². The molecule has 2 saturated carbocycles. The molecule has 0 spiro atoms. The van der Waals surface area contributed by atoms with Gasteiger partial charge in [-0.1, -0.05) is 33.6 Å². The van der Waals surface area contributed by atoms with Gasteiger partial charge in [0.05, 0.1) is 6.10 Å². The van der Waals surface area contributed by atoms with Crippen LogP contribution in [0.15, 0.2) is 0 Å². The largest absolute Gasteiger partial charge is 0.393 e. The molecule has 2 heteroatoms. The topological polar surface area (TPSA) is 32.3 Å². The van der Waals surface area contributed by atoms with Crippen LogP contribution in [-0.2, 0) is 0 Å². The van der Waals surface area contributed by atoms with Gasteiger partial charge in [-0.25, -0.2) is 0 Å². The van der Waals surface area contributed by atoms with Crippen molar-refractivity contribution in [2.45, 2.75) is 90.3 Å². The number of hydrogen-bond acceptors (Lipinski definition) is 2. The second-order valence-corrected chi connectivity index (χ2v) is 7.54. The van der Waals surface area contributed by atoms with Crippen molar-refractivity contribution in [3.05, 3.63) is 0 Å². The van der Waals surface area contributed by atoms with E-state index in [9.17, 15) is 5.11 Å². The van der Waals surface area contributed by atoms with E-state index >= 15 is 0 Å². The molecule has 18 heavy (non-hydrogen) atoms. The quantitative estimate of drug-likeness (QED) is 0.789. The zero-order valence-electron chi connectivity index (χ0n) is 12.4. The van der Waals surface area contributed by atoms with E-state index in [2.05, 4.69) is 26.1 Å². The first-order valence-electron chi connectivity index (χ1n) is 7.91. The highest BCUT2D eigenvalue weighted by atomic mass is 16.3. The van der Waals surface area contributed by atoms with Crippen LogP contribution in [0.2, 0.25) is 0 Å². The lowest BCUT2D eigenvalue weighted by molar-refractivity contribution is 0.0889. The van der Waals surface area contributed by atoms with E-state index in [1.165, 1.54) is 25.7 Å². The summed E-state index contributed by atoms with van der Waals surface area (Å²) in [6.45, 7) is 7.17. The van der Waals surface area contributed by atoms with Gasteiger partial charge in [-0.15, -0.1) is 0 Å². The van der Waals surface area contributed by atoms with Gasteiger partial charge in [0.1, 0.15) is 0 Å². The smallest absolute Gasteiger partial charge is 0.0541 e. The summed E-state index contributed by atoms with van der Waals surface area (Å²) in [6, 6.07) is 1.36. The predicted octanol–water partition coefficient (Wildman–Crippen LogP) is 3.48. The third kappa shape index (κ3) is 3.71. The van der Waals surface area contributed by atoms with Gasteiger partial charge in [-0.3, -0.25) is 0 Å². The summed E-state index contributed by atoms with van der Waals surface area (Å²) in [5, 5.41) is 13.5. The monoisotopic (exact) mass is 253 g/mol. The second kappa shape index (κ2) is 5.92. The van der Waals surface area contributed by atoms with Gasteiger partial charge in [0.2, 0.25) is 0 Å². The Morgan fingerprint density at radius 1 is 0.889 bits per heavy atom. The summed E-state index contributed by atoms with van der Waals surface area (Å²) in [7, 11) is 0. The molecule has 0 aliphatic heterocycles. The predicted molar refractivity (Wildman–Crippen MR) is 76.6 cm³/mol. The molecule has 0 aromatic heterocycles. The molecular weight excluding hydrogens is 222 g/mol. The van der Waals surface area contributed by atoms with Gasteiger partial charge in [0.15, 0.2) is 0 Å². The highest BCUT2D eigenvalue weighted by Gasteiger charge is 2.35. The van der Waals surface area contributed by atoms with Crippen molar-refractivity contribution >= 4 is 0 Å². The fraction of sp³-hybridized carbons (Fsp3) is 1.00. The minimum Gasteiger partial charge on any atom is -0.393 e. The zero-order chi connectivity index (χ0) is 13.2. The zero-order valence-corrected chi connectivity index (χ0v) is 12.4. The lowest BCUT2D eigenvalue weighted by atomic mass is 9.69. The molecule has 2 aliphatic carbocycles. The number of aliphatic hydroxyl groups is 1. The van der Waals surface area contributed by atoms with Crippen LogP contribution >= 0.6 is 0 Å². The fourth-order valence-electron chi connectivity index (χ4n) is 3.91. The van der Waals surface area contributed by atoms with Crippen molar-refractivity contribution in [3.8, 4) is 0 Å². The van der Waals surface area contributed by atoms with Gasteiger partial charge in [0.25, 0.3) is 0 Å². The Morgan fingerprint density at radius 3 is 2.11 bits per heavy atom. The molecule has 0 radical (unpaired) electrons. The number of hydrogen-bond donors (Lipinski definition) is 2. The highest BCUT2D eigenvalue weighted by Crippen LogP contribution is 2.38. The standard InChI is InChI=1S/C16H31NO/c1-16(2,3)14-6-4-5-7-15(14)17-12-8-10-13(18)11-9-12/h12-15,17-18H,4-11H2,1-3H3. The molecule has 0 saturated heterocycles. The Morgan fingerprint density at radius 2 is 1.50 bits per heavy atom. The van der Waals surface area contributed by atoms with E-state index in [1.807, 2.05) is 0 Å². The lowest BCUT2D eigenvalue weighted by Crippen LogP contribution is -2.49. The van der Waals surface area contributed by atoms with Crippen LogP contribution < -0.4 is 5.32 Å². The maximum absolute atomic E-state index is 9.59. The Kier molecular flexibility index (Phi) is 4.71. The molecule has 106 valence electrons. The fourth-order valence-corrected chi connectivity index (χ4v) is 3.91. The Bertz CT molecular complexity index is 250. The van der Waals surface area contributed by atoms with E-state index in [0.717, 1.165) is 31.6 Å². The van der Waals surface area contributed by atoms with Gasteiger partial charge in [0, 0.05) is 12.1 Å². The van der Waals surface area contributed by atoms with Gasteiger partial charge < -0.3 is 10.4 Å². The summed E-state index contributed by atoms with van der Waals surface area (Å²) in [6.07, 6.45) is 9.80. The normalized spacial score (nSPS) is 38.7. The molecule has 2 aliphatic rings. The highest BCUT2D eigenvalue weighted by molar-refractivity contribution is 4.91. The van der Waals surface area contributed by atoms with Crippen molar-refractivity contribution in [2.24, 2.45) is 11.3 Å². The Labute approximate surface area is 113 Å². The molecule has 0 aromatic rings. The van der Waals surface area contributed by atoms with Crippen molar-refractivity contribution in [2.75, 3.05) is 0 Å². The lowest BCUT2D eigenvalue weighted by Gasteiger charge is -2.43. The van der Waals surface area contributed by atoms with Crippen molar-refractivity contribution < 1.29 is 5.11 Å². The molecule has 0 heterocycles. The molecule has 2 fully saturated rings. The average Bonchev–Trinajstić information content (AvgIpc) is 2.31. The van der Waals surface area contributed by atoms with Crippen LogP contribution in [0.1, 0.15) is 72.1 Å². The first-order chi connectivity index (χ1) is 8.47. The molecule has 2 rings (SSSR count). The summed E-state index contributed by atoms with van der Waals surface area (Å²) < 4.78 is 0. The summed E-state index contributed by atoms with van der Waals surface area (Å²) in [5.41, 5.74) is 0.423. The molecule has 0 aromatic carbocycles. The summed E-state index contributed by atoms with van der Waals surface area (Å²) in [5.74, 6) is 0.818. The minimum atomic E-state index is -0.0344. The molecule has 2 unspecified atom stereocenters. The van der Waals surface area contributed by atoms with Crippen LogP contribution in [0.3, 0.4) is 0 Å². The van der Waals surface area contributed by atoms with Gasteiger partial charge in [-0.2, -0.15) is 0 Å². The van der Waals surface area contributed by atoms with E-state index < -0.39 is 0 Å². The van der Waals surface area contributed by atoms with Crippen LogP contribution in [0.5, 0.6) is 0 Å². The van der Waals surface area contributed by atoms with E-state index in [4.69, 9.17) is 0 Å². The molecule has 2 nitrogen and oxygen atoms in total. The number of rotatable bonds is 2. The van der Waals surface area contributed by atoms with Crippen LogP contribution in [0, 0.1) is 11.3 Å². The maximum Gasteiger partial charge on any atom is 0.0541 e. The molecule has 0 bridgehead atoms. The first-order valence-corrected chi connectivity index (χ1v) is 7.91. The number of aliphatic hydroxyl groups excluding tert-OH is 1. The van der Waals surface area contributed by atoms with E-state index in [1.54, 1.807) is 0 Å². The summed E-state index contributed by atoms with van der Waals surface area (Å²) in [4.78, 5) is 0. The summed E-state index contributed by atoms with van der Waals surface area (Å²) >= 11 is 0. The Balaban J connectivity index is 1.89. The third-order valence-corrected chi connectivity index (χ3v) is 5.02. The SMILES string of the molecule is CC(C)(C)C1CCCCC1NC1CCC(O)CC1. The first kappa shape index (κ1) is 14.3. The average molecular weight is 253 g/mol. The maximum atomic E-state index is 9.59. The Hall–Kier alpha value is -0.0800. The van der Waals surface area contributed by atoms with E-state index in [0.29, 0.717) is 17.5 Å². The molecular formula is C16H31NO. The van der Waals surface area contributed by atoms with Gasteiger partial charge in [-0.05, 0) is 49.9 Å². The molecule has 2 N–H and O–H groups in total. The third-order valence-electron chi connectivity index (χ3n) is 5.02. The molecule has 0 amide bonds. The second-order valence-electron chi connectivity index (χ2n) is 7.54. The van der Waals surface area contributed by atoms with Crippen molar-refractivity contribution in [3.63, 3.8) is 0 Å². The van der Waals surface area contributed by atoms with Crippen LogP contribution in [0.4, 0.5) is 0 Å². The van der Waals surface area contributed by atoms with Crippen LogP contribution in [-0.4, -0.2) is 23.3 Å². The minimum absolute atomic E-state index is 0.0344. The van der Waals surface area contributed by atoms with E-state index in [-0.39, 0.29) is 6.10 Å². The van der Waals surface area contributed by atoms with Crippen molar-refractivity contribution in [1.29, 1.82) is 0 Å².